The minimum atomic E-state index is -0.132. The molecule has 0 spiro atoms. The summed E-state index contributed by atoms with van der Waals surface area (Å²) in [4.78, 5) is 24.2. The molecule has 144 valence electrons. The average Bonchev–Trinajstić information content (AvgIpc) is 3.44. The van der Waals surface area contributed by atoms with Crippen LogP contribution in [0.25, 0.3) is 20.8 Å². The Labute approximate surface area is 173 Å². The van der Waals surface area contributed by atoms with E-state index in [0.29, 0.717) is 5.56 Å². The van der Waals surface area contributed by atoms with E-state index in [4.69, 9.17) is 4.98 Å². The van der Waals surface area contributed by atoms with E-state index in [-0.39, 0.29) is 5.91 Å². The Bertz CT molecular complexity index is 1130. The molecular formula is C23H20N4OS. The zero-order valence-corrected chi connectivity index (χ0v) is 16.7. The van der Waals surface area contributed by atoms with Gasteiger partial charge in [0, 0.05) is 30.5 Å². The van der Waals surface area contributed by atoms with Crippen molar-refractivity contribution in [1.29, 1.82) is 0 Å². The van der Waals surface area contributed by atoms with Crippen molar-refractivity contribution in [2.75, 3.05) is 23.3 Å². The number of hydrogen-bond acceptors (Lipinski definition) is 5. The van der Waals surface area contributed by atoms with E-state index < -0.39 is 0 Å². The van der Waals surface area contributed by atoms with Gasteiger partial charge in [-0.1, -0.05) is 12.1 Å². The van der Waals surface area contributed by atoms with Gasteiger partial charge in [0.1, 0.15) is 10.8 Å². The predicted octanol–water partition coefficient (Wildman–Crippen LogP) is 5.21. The lowest BCUT2D eigenvalue weighted by Gasteiger charge is -2.19. The van der Waals surface area contributed by atoms with E-state index in [0.717, 1.165) is 53.5 Å². The first-order valence-corrected chi connectivity index (χ1v) is 10.6. The van der Waals surface area contributed by atoms with Crippen LogP contribution < -0.4 is 10.2 Å². The van der Waals surface area contributed by atoms with Gasteiger partial charge in [-0.15, -0.1) is 11.3 Å². The molecule has 5 rings (SSSR count). The first kappa shape index (κ1) is 17.8. The summed E-state index contributed by atoms with van der Waals surface area (Å²) in [6.45, 7) is 1.91. The van der Waals surface area contributed by atoms with Crippen molar-refractivity contribution in [1.82, 2.24) is 9.97 Å². The average molecular weight is 401 g/mol. The third-order valence-corrected chi connectivity index (χ3v) is 6.21. The fourth-order valence-corrected chi connectivity index (χ4v) is 4.62. The van der Waals surface area contributed by atoms with E-state index in [1.807, 2.05) is 54.6 Å². The predicted molar refractivity (Wildman–Crippen MR) is 119 cm³/mol. The van der Waals surface area contributed by atoms with Crippen LogP contribution in [0, 0.1) is 0 Å². The Morgan fingerprint density at radius 1 is 0.966 bits per heavy atom. The summed E-state index contributed by atoms with van der Waals surface area (Å²) in [6, 6.07) is 19.6. The van der Waals surface area contributed by atoms with Crippen molar-refractivity contribution in [3.8, 4) is 10.6 Å². The molecule has 2 aromatic carbocycles. The van der Waals surface area contributed by atoms with Gasteiger partial charge < -0.3 is 10.2 Å². The third kappa shape index (κ3) is 3.59. The quantitative estimate of drug-likeness (QED) is 0.511. The maximum Gasteiger partial charge on any atom is 0.259 e. The minimum Gasteiger partial charge on any atom is -0.356 e. The highest BCUT2D eigenvalue weighted by atomic mass is 32.1. The van der Waals surface area contributed by atoms with Crippen molar-refractivity contribution in [2.24, 2.45) is 0 Å². The number of aromatic nitrogens is 2. The Hall–Kier alpha value is -3.25. The number of pyridine rings is 1. The smallest absolute Gasteiger partial charge is 0.259 e. The highest BCUT2D eigenvalue weighted by Gasteiger charge is 2.20. The molecule has 1 aliphatic rings. The Morgan fingerprint density at radius 2 is 1.76 bits per heavy atom. The van der Waals surface area contributed by atoms with Gasteiger partial charge in [0.25, 0.3) is 5.91 Å². The largest absolute Gasteiger partial charge is 0.356 e. The molecule has 5 nitrogen and oxygen atoms in total. The van der Waals surface area contributed by atoms with Gasteiger partial charge in [-0.25, -0.2) is 9.97 Å². The van der Waals surface area contributed by atoms with E-state index >= 15 is 0 Å². The zero-order chi connectivity index (χ0) is 19.6. The number of hydrogen-bond donors (Lipinski definition) is 1. The molecule has 4 aromatic rings. The normalized spacial score (nSPS) is 13.7. The molecule has 0 saturated carbocycles. The van der Waals surface area contributed by atoms with Gasteiger partial charge in [-0.05, 0) is 61.4 Å². The number of rotatable bonds is 4. The van der Waals surface area contributed by atoms with E-state index in [1.165, 1.54) is 4.70 Å². The number of amides is 1. The molecule has 1 amide bonds. The second-order valence-electron chi connectivity index (χ2n) is 7.09. The van der Waals surface area contributed by atoms with Crippen molar-refractivity contribution in [3.63, 3.8) is 0 Å². The molecule has 0 radical (unpaired) electrons. The van der Waals surface area contributed by atoms with Crippen molar-refractivity contribution >= 4 is 39.0 Å². The number of nitrogens with zero attached hydrogens (tertiary/aromatic N) is 3. The molecule has 1 aliphatic heterocycles. The zero-order valence-electron chi connectivity index (χ0n) is 15.8. The first-order valence-electron chi connectivity index (χ1n) is 9.75. The molecule has 6 heteroatoms. The number of carbonyl (C=O) groups is 1. The maximum absolute atomic E-state index is 12.9. The summed E-state index contributed by atoms with van der Waals surface area (Å²) < 4.78 is 1.17. The number of benzene rings is 2. The van der Waals surface area contributed by atoms with Crippen LogP contribution in [0.1, 0.15) is 23.2 Å². The van der Waals surface area contributed by atoms with Gasteiger partial charge in [0.2, 0.25) is 0 Å². The summed E-state index contributed by atoms with van der Waals surface area (Å²) in [6.07, 6.45) is 4.03. The number of para-hydroxylation sites is 1. The fourth-order valence-electron chi connectivity index (χ4n) is 3.65. The lowest BCUT2D eigenvalue weighted by molar-refractivity contribution is 0.102. The summed E-state index contributed by atoms with van der Waals surface area (Å²) in [7, 11) is 0. The van der Waals surface area contributed by atoms with Crippen LogP contribution in [0.15, 0.2) is 66.9 Å². The van der Waals surface area contributed by atoms with Gasteiger partial charge >= 0.3 is 0 Å². The summed E-state index contributed by atoms with van der Waals surface area (Å²) in [5.74, 6) is 0.640. The second kappa shape index (κ2) is 7.64. The Kier molecular flexibility index (Phi) is 4.69. The molecule has 0 aliphatic carbocycles. The summed E-state index contributed by atoms with van der Waals surface area (Å²) in [5.41, 5.74) is 3.43. The van der Waals surface area contributed by atoms with E-state index in [9.17, 15) is 4.79 Å². The molecule has 0 bridgehead atoms. The van der Waals surface area contributed by atoms with Crippen LogP contribution >= 0.6 is 11.3 Å². The SMILES string of the molecule is O=C(Nc1ccc(-c2nc3ccccc3s2)cc1)c1cccnc1N1CCCC1. The molecule has 0 atom stereocenters. The van der Waals surface area contributed by atoms with Crippen molar-refractivity contribution in [3.05, 3.63) is 72.4 Å². The van der Waals surface area contributed by atoms with Crippen LogP contribution in [0.3, 0.4) is 0 Å². The van der Waals surface area contributed by atoms with Crippen LogP contribution in [0.2, 0.25) is 0 Å². The van der Waals surface area contributed by atoms with Crippen LogP contribution in [0.4, 0.5) is 11.5 Å². The topological polar surface area (TPSA) is 58.1 Å². The molecule has 1 saturated heterocycles. The monoisotopic (exact) mass is 400 g/mol. The van der Waals surface area contributed by atoms with Crippen LogP contribution in [0.5, 0.6) is 0 Å². The van der Waals surface area contributed by atoms with E-state index in [1.54, 1.807) is 17.5 Å². The van der Waals surface area contributed by atoms with Gasteiger partial charge in [0.05, 0.1) is 15.8 Å². The Balaban J connectivity index is 1.35. The summed E-state index contributed by atoms with van der Waals surface area (Å²) >= 11 is 1.67. The number of nitrogens with one attached hydrogen (secondary N) is 1. The highest BCUT2D eigenvalue weighted by Crippen LogP contribution is 2.31. The third-order valence-electron chi connectivity index (χ3n) is 5.12. The molecule has 1 N–H and O–H groups in total. The lowest BCUT2D eigenvalue weighted by Crippen LogP contribution is -2.24. The standard InChI is InChI=1S/C23H20N4OS/c28-22(18-6-5-13-24-21(18)27-14-3-4-15-27)25-17-11-9-16(10-12-17)23-26-19-7-1-2-8-20(19)29-23/h1-2,5-13H,3-4,14-15H2,(H,25,28). The molecule has 2 aromatic heterocycles. The number of carbonyl (C=O) groups excluding carboxylic acids is 1. The molecule has 0 unspecified atom stereocenters. The molecule has 1 fully saturated rings. The number of fused-ring (bicyclic) bond motifs is 1. The number of anilines is 2. The van der Waals surface area contributed by atoms with Gasteiger partial charge in [0.15, 0.2) is 0 Å². The maximum atomic E-state index is 12.9. The minimum absolute atomic E-state index is 0.132. The second-order valence-corrected chi connectivity index (χ2v) is 8.12. The van der Waals surface area contributed by atoms with Crippen LogP contribution in [-0.2, 0) is 0 Å². The molecule has 3 heterocycles. The highest BCUT2D eigenvalue weighted by molar-refractivity contribution is 7.21. The van der Waals surface area contributed by atoms with Crippen LogP contribution in [-0.4, -0.2) is 29.0 Å². The fraction of sp³-hybridized carbons (Fsp3) is 0.174. The summed E-state index contributed by atoms with van der Waals surface area (Å²) in [5, 5.41) is 3.98. The van der Waals surface area contributed by atoms with E-state index in [2.05, 4.69) is 21.3 Å². The van der Waals surface area contributed by atoms with Crippen molar-refractivity contribution in [2.45, 2.75) is 12.8 Å². The molecule has 29 heavy (non-hydrogen) atoms. The van der Waals surface area contributed by atoms with Gasteiger partial charge in [-0.2, -0.15) is 0 Å². The number of thiazole rings is 1. The Morgan fingerprint density at radius 3 is 2.55 bits per heavy atom. The van der Waals surface area contributed by atoms with Gasteiger partial charge in [-0.3, -0.25) is 4.79 Å². The lowest BCUT2D eigenvalue weighted by atomic mass is 10.2. The van der Waals surface area contributed by atoms with Crippen molar-refractivity contribution < 1.29 is 4.79 Å². The first-order chi connectivity index (χ1) is 14.3. The molecular weight excluding hydrogens is 380 g/mol.